The second kappa shape index (κ2) is 11.4. The number of Topliss-reactive ketones (excluding diaryl/α,β-unsaturated/α-hetero) is 1. The summed E-state index contributed by atoms with van der Waals surface area (Å²) < 4.78 is 16.9. The van der Waals surface area contributed by atoms with Crippen molar-refractivity contribution in [3.05, 3.63) is 65.2 Å². The Hall–Kier alpha value is -3.36. The summed E-state index contributed by atoms with van der Waals surface area (Å²) in [6.07, 6.45) is 0. The third-order valence-corrected chi connectivity index (χ3v) is 6.23. The number of hydrogen-bond acceptors (Lipinski definition) is 7. The summed E-state index contributed by atoms with van der Waals surface area (Å²) in [7, 11) is 0. The molecule has 0 unspecified atom stereocenters. The van der Waals surface area contributed by atoms with E-state index >= 15 is 0 Å². The molecule has 0 aromatic heterocycles. The fourth-order valence-corrected chi connectivity index (χ4v) is 4.52. The van der Waals surface area contributed by atoms with E-state index < -0.39 is 17.7 Å². The molecule has 2 aliphatic heterocycles. The molecule has 0 spiro atoms. The van der Waals surface area contributed by atoms with E-state index in [1.54, 1.807) is 41.3 Å². The van der Waals surface area contributed by atoms with Crippen molar-refractivity contribution in [1.29, 1.82) is 0 Å². The molecule has 2 heterocycles. The number of rotatable bonds is 9. The van der Waals surface area contributed by atoms with Crippen molar-refractivity contribution in [3.63, 3.8) is 0 Å². The molecule has 35 heavy (non-hydrogen) atoms. The average Bonchev–Trinajstić information content (AvgIpc) is 3.14. The maximum atomic E-state index is 13.2. The van der Waals surface area contributed by atoms with Crippen LogP contribution in [0.2, 0.25) is 0 Å². The van der Waals surface area contributed by atoms with Crippen molar-refractivity contribution in [2.24, 2.45) is 0 Å². The predicted octanol–water partition coefficient (Wildman–Crippen LogP) is 3.24. The van der Waals surface area contributed by atoms with Gasteiger partial charge in [-0.25, -0.2) is 0 Å². The van der Waals surface area contributed by atoms with Gasteiger partial charge in [0.1, 0.15) is 5.76 Å². The van der Waals surface area contributed by atoms with E-state index in [1.807, 2.05) is 26.0 Å². The van der Waals surface area contributed by atoms with E-state index in [4.69, 9.17) is 14.2 Å². The van der Waals surface area contributed by atoms with Crippen LogP contribution in [0.3, 0.4) is 0 Å². The molecular formula is C27H32N2O6. The smallest absolute Gasteiger partial charge is 0.295 e. The summed E-state index contributed by atoms with van der Waals surface area (Å²) in [5.74, 6) is -0.371. The highest BCUT2D eigenvalue weighted by Crippen LogP contribution is 2.42. The van der Waals surface area contributed by atoms with Gasteiger partial charge in [-0.1, -0.05) is 36.4 Å². The van der Waals surface area contributed by atoms with Gasteiger partial charge in [-0.15, -0.1) is 0 Å². The van der Waals surface area contributed by atoms with E-state index in [2.05, 4.69) is 4.90 Å². The molecule has 0 saturated carbocycles. The Morgan fingerprint density at radius 2 is 1.66 bits per heavy atom. The lowest BCUT2D eigenvalue weighted by Gasteiger charge is -2.31. The Balaban J connectivity index is 1.77. The highest BCUT2D eigenvalue weighted by Gasteiger charge is 2.46. The number of hydrogen-bond donors (Lipinski definition) is 1. The maximum Gasteiger partial charge on any atom is 0.295 e. The number of ether oxygens (including phenoxy) is 3. The third-order valence-electron chi connectivity index (χ3n) is 6.23. The third kappa shape index (κ3) is 5.33. The van der Waals surface area contributed by atoms with Crippen molar-refractivity contribution in [3.8, 4) is 11.5 Å². The normalized spacial score (nSPS) is 20.3. The van der Waals surface area contributed by atoms with E-state index in [0.29, 0.717) is 62.1 Å². The molecule has 0 radical (unpaired) electrons. The van der Waals surface area contributed by atoms with Crippen LogP contribution < -0.4 is 9.47 Å². The van der Waals surface area contributed by atoms with Crippen molar-refractivity contribution in [2.45, 2.75) is 19.9 Å². The van der Waals surface area contributed by atoms with Gasteiger partial charge in [0, 0.05) is 31.7 Å². The van der Waals surface area contributed by atoms with Crippen LogP contribution in [0.5, 0.6) is 11.5 Å². The standard InChI is InChI=1S/C27H32N2O6/c1-3-34-21-11-10-20(18-22(21)35-4-2)24-23(25(30)19-8-6-5-7-9-19)26(31)27(32)29(24)13-12-28-14-16-33-17-15-28/h5-11,18,24,30H,3-4,12-17H2,1-2H3/b25-23+/t24-/m1/s1. The van der Waals surface area contributed by atoms with Gasteiger partial charge in [0.15, 0.2) is 11.5 Å². The lowest BCUT2D eigenvalue weighted by Crippen LogP contribution is -2.42. The van der Waals surface area contributed by atoms with Crippen LogP contribution >= 0.6 is 0 Å². The summed E-state index contributed by atoms with van der Waals surface area (Å²) in [6, 6.07) is 13.5. The number of benzene rings is 2. The summed E-state index contributed by atoms with van der Waals surface area (Å²) in [5, 5.41) is 11.2. The van der Waals surface area contributed by atoms with Crippen LogP contribution in [0.25, 0.3) is 5.76 Å². The molecule has 4 rings (SSSR count). The zero-order valence-corrected chi connectivity index (χ0v) is 20.2. The molecule has 2 saturated heterocycles. The van der Waals surface area contributed by atoms with Gasteiger partial charge in [-0.05, 0) is 31.5 Å². The van der Waals surface area contributed by atoms with Gasteiger partial charge < -0.3 is 24.2 Å². The summed E-state index contributed by atoms with van der Waals surface area (Å²) in [4.78, 5) is 30.2. The molecule has 2 aromatic rings. The van der Waals surface area contributed by atoms with Crippen molar-refractivity contribution in [2.75, 3.05) is 52.6 Å². The number of ketones is 1. The van der Waals surface area contributed by atoms with Gasteiger partial charge in [0.2, 0.25) is 0 Å². The van der Waals surface area contributed by atoms with Crippen molar-refractivity contribution < 1.29 is 28.9 Å². The second-order valence-corrected chi connectivity index (χ2v) is 8.38. The first-order chi connectivity index (χ1) is 17.0. The Morgan fingerprint density at radius 1 is 0.971 bits per heavy atom. The number of carbonyl (C=O) groups is 2. The zero-order valence-electron chi connectivity index (χ0n) is 20.2. The predicted molar refractivity (Wildman–Crippen MR) is 131 cm³/mol. The molecule has 8 nitrogen and oxygen atoms in total. The minimum Gasteiger partial charge on any atom is -0.507 e. The first-order valence-electron chi connectivity index (χ1n) is 12.1. The number of nitrogens with zero attached hydrogens (tertiary/aromatic N) is 2. The van der Waals surface area contributed by atoms with Gasteiger partial charge in [0.05, 0.1) is 38.0 Å². The second-order valence-electron chi connectivity index (χ2n) is 8.38. The highest BCUT2D eigenvalue weighted by molar-refractivity contribution is 6.46. The molecule has 1 N–H and O–H groups in total. The fraction of sp³-hybridized carbons (Fsp3) is 0.407. The summed E-state index contributed by atoms with van der Waals surface area (Å²) in [5.41, 5.74) is 1.24. The summed E-state index contributed by atoms with van der Waals surface area (Å²) >= 11 is 0. The average molecular weight is 481 g/mol. The SMILES string of the molecule is CCOc1ccc([C@@H]2/C(=C(\O)c3ccccc3)C(=O)C(=O)N2CCN2CCOCC2)cc1OCC. The minimum atomic E-state index is -0.744. The topological polar surface area (TPSA) is 88.5 Å². The zero-order chi connectivity index (χ0) is 24.8. The minimum absolute atomic E-state index is 0.0785. The molecule has 0 bridgehead atoms. The molecule has 1 amide bonds. The molecule has 186 valence electrons. The number of morpholine rings is 1. The number of likely N-dealkylation sites (tertiary alicyclic amines) is 1. The van der Waals surface area contributed by atoms with E-state index in [-0.39, 0.29) is 11.3 Å². The molecule has 2 aliphatic rings. The highest BCUT2D eigenvalue weighted by atomic mass is 16.5. The quantitative estimate of drug-likeness (QED) is 0.335. The van der Waals surface area contributed by atoms with Crippen LogP contribution in [0.4, 0.5) is 0 Å². The first-order valence-corrected chi connectivity index (χ1v) is 12.1. The monoisotopic (exact) mass is 480 g/mol. The number of carbonyl (C=O) groups excluding carboxylic acids is 2. The Kier molecular flexibility index (Phi) is 8.05. The Morgan fingerprint density at radius 3 is 2.34 bits per heavy atom. The number of aliphatic hydroxyl groups excluding tert-OH is 1. The number of amides is 1. The van der Waals surface area contributed by atoms with Gasteiger partial charge in [0.25, 0.3) is 11.7 Å². The van der Waals surface area contributed by atoms with Crippen LogP contribution in [-0.2, 0) is 14.3 Å². The fourth-order valence-electron chi connectivity index (χ4n) is 4.52. The summed E-state index contributed by atoms with van der Waals surface area (Å²) in [6.45, 7) is 8.48. The molecule has 2 aromatic carbocycles. The molecule has 0 aliphatic carbocycles. The molecule has 2 fully saturated rings. The number of aliphatic hydroxyl groups is 1. The van der Waals surface area contributed by atoms with Crippen molar-refractivity contribution in [1.82, 2.24) is 9.80 Å². The van der Waals surface area contributed by atoms with E-state index in [1.165, 1.54) is 0 Å². The largest absolute Gasteiger partial charge is 0.507 e. The van der Waals surface area contributed by atoms with Crippen LogP contribution in [0.1, 0.15) is 31.0 Å². The first kappa shape index (κ1) is 24.8. The lowest BCUT2D eigenvalue weighted by atomic mass is 9.95. The van der Waals surface area contributed by atoms with Gasteiger partial charge in [-0.2, -0.15) is 0 Å². The van der Waals surface area contributed by atoms with Gasteiger partial charge >= 0.3 is 0 Å². The van der Waals surface area contributed by atoms with E-state index in [0.717, 1.165) is 13.1 Å². The molecule has 1 atom stereocenters. The Labute approximate surface area is 205 Å². The Bertz CT molecular complexity index is 1080. The van der Waals surface area contributed by atoms with Gasteiger partial charge in [-0.3, -0.25) is 14.5 Å². The van der Waals surface area contributed by atoms with Crippen LogP contribution in [0, 0.1) is 0 Å². The molecular weight excluding hydrogens is 448 g/mol. The van der Waals surface area contributed by atoms with Crippen LogP contribution in [-0.4, -0.2) is 79.2 Å². The molecule has 8 heteroatoms. The lowest BCUT2D eigenvalue weighted by molar-refractivity contribution is -0.140. The van der Waals surface area contributed by atoms with Crippen LogP contribution in [0.15, 0.2) is 54.1 Å². The van der Waals surface area contributed by atoms with Crippen molar-refractivity contribution >= 4 is 17.4 Å². The maximum absolute atomic E-state index is 13.2. The van der Waals surface area contributed by atoms with E-state index in [9.17, 15) is 14.7 Å².